The van der Waals surface area contributed by atoms with Crippen molar-refractivity contribution in [3.63, 3.8) is 0 Å². The van der Waals surface area contributed by atoms with Crippen LogP contribution in [0, 0.1) is 0 Å². The molecule has 0 aliphatic heterocycles. The summed E-state index contributed by atoms with van der Waals surface area (Å²) in [4.78, 5) is 20.7. The summed E-state index contributed by atoms with van der Waals surface area (Å²) < 4.78 is 6.66. The lowest BCUT2D eigenvalue weighted by atomic mass is 9.82. The SMILES string of the molecule is COC(=O)c1nn(-c2cnccn2)c2c1[C@H](C)CCC2=C(C)C. The van der Waals surface area contributed by atoms with Crippen LogP contribution in [0.3, 0.4) is 0 Å². The van der Waals surface area contributed by atoms with E-state index in [9.17, 15) is 4.79 Å². The fraction of sp³-hybridized carbons (Fsp3) is 0.412. The smallest absolute Gasteiger partial charge is 0.358 e. The summed E-state index contributed by atoms with van der Waals surface area (Å²) in [7, 11) is 1.38. The van der Waals surface area contributed by atoms with Gasteiger partial charge in [-0.25, -0.2) is 14.5 Å². The van der Waals surface area contributed by atoms with Gasteiger partial charge in [0.25, 0.3) is 0 Å². The standard InChI is InChI=1S/C17H20N4O2/c1-10(2)12-6-5-11(3)14-15(17(22)23-4)20-21(16(12)14)13-9-18-7-8-19-13/h7-9,11H,5-6H2,1-4H3/t11-/m1/s1. The zero-order valence-corrected chi connectivity index (χ0v) is 13.8. The number of nitrogens with zero attached hydrogens (tertiary/aromatic N) is 4. The average Bonchev–Trinajstić information content (AvgIpc) is 2.96. The molecule has 120 valence electrons. The molecule has 6 nitrogen and oxygen atoms in total. The van der Waals surface area contributed by atoms with E-state index in [-0.39, 0.29) is 5.92 Å². The number of hydrogen-bond donors (Lipinski definition) is 0. The molecule has 23 heavy (non-hydrogen) atoms. The summed E-state index contributed by atoms with van der Waals surface area (Å²) in [6, 6.07) is 0. The van der Waals surface area contributed by atoms with E-state index in [0.717, 1.165) is 24.1 Å². The molecule has 1 aliphatic rings. The molecule has 2 aromatic heterocycles. The van der Waals surface area contributed by atoms with Crippen molar-refractivity contribution < 1.29 is 9.53 Å². The van der Waals surface area contributed by atoms with Crippen LogP contribution in [0.5, 0.6) is 0 Å². The maximum atomic E-state index is 12.2. The fourth-order valence-corrected chi connectivity index (χ4v) is 3.11. The predicted octanol–water partition coefficient (Wildman–Crippen LogP) is 3.14. The highest BCUT2D eigenvalue weighted by molar-refractivity contribution is 5.91. The highest BCUT2D eigenvalue weighted by Gasteiger charge is 2.33. The fourth-order valence-electron chi connectivity index (χ4n) is 3.11. The number of aromatic nitrogens is 4. The zero-order valence-electron chi connectivity index (χ0n) is 13.8. The molecule has 2 aromatic rings. The summed E-state index contributed by atoms with van der Waals surface area (Å²) in [5.41, 5.74) is 4.72. The summed E-state index contributed by atoms with van der Waals surface area (Å²) in [5.74, 6) is 0.435. The third-order valence-electron chi connectivity index (χ3n) is 4.28. The van der Waals surface area contributed by atoms with Crippen molar-refractivity contribution in [1.82, 2.24) is 19.7 Å². The monoisotopic (exact) mass is 312 g/mol. The molecule has 0 spiro atoms. The third-order valence-corrected chi connectivity index (χ3v) is 4.28. The largest absolute Gasteiger partial charge is 0.464 e. The Morgan fingerprint density at radius 1 is 1.35 bits per heavy atom. The molecule has 0 aromatic carbocycles. The highest BCUT2D eigenvalue weighted by atomic mass is 16.5. The number of carbonyl (C=O) groups excluding carboxylic acids is 1. The van der Waals surface area contributed by atoms with E-state index in [1.165, 1.54) is 18.3 Å². The highest BCUT2D eigenvalue weighted by Crippen LogP contribution is 2.42. The van der Waals surface area contributed by atoms with E-state index in [2.05, 4.69) is 35.8 Å². The lowest BCUT2D eigenvalue weighted by Crippen LogP contribution is -2.13. The number of carbonyl (C=O) groups is 1. The second kappa shape index (κ2) is 5.95. The lowest BCUT2D eigenvalue weighted by molar-refractivity contribution is 0.0591. The third kappa shape index (κ3) is 2.54. The average molecular weight is 312 g/mol. The molecule has 1 aliphatic carbocycles. The van der Waals surface area contributed by atoms with Crippen LogP contribution in [-0.2, 0) is 4.74 Å². The molecule has 0 unspecified atom stereocenters. The van der Waals surface area contributed by atoms with Gasteiger partial charge in [-0.3, -0.25) is 4.98 Å². The molecule has 0 fully saturated rings. The van der Waals surface area contributed by atoms with Gasteiger partial charge in [0, 0.05) is 18.0 Å². The van der Waals surface area contributed by atoms with Crippen LogP contribution in [0.1, 0.15) is 61.3 Å². The topological polar surface area (TPSA) is 69.9 Å². The van der Waals surface area contributed by atoms with Gasteiger partial charge in [0.15, 0.2) is 11.5 Å². The van der Waals surface area contributed by atoms with Crippen molar-refractivity contribution in [3.8, 4) is 5.82 Å². The van der Waals surface area contributed by atoms with Crippen LogP contribution in [0.25, 0.3) is 11.4 Å². The summed E-state index contributed by atoms with van der Waals surface area (Å²) in [6.45, 7) is 6.29. The Morgan fingerprint density at radius 2 is 2.13 bits per heavy atom. The van der Waals surface area contributed by atoms with E-state index in [1.54, 1.807) is 23.3 Å². The van der Waals surface area contributed by atoms with Crippen molar-refractivity contribution in [2.24, 2.45) is 0 Å². The second-order valence-electron chi connectivity index (χ2n) is 6.00. The molecule has 0 saturated carbocycles. The van der Waals surface area contributed by atoms with E-state index in [4.69, 9.17) is 4.74 Å². The Bertz CT molecular complexity index is 773. The first kappa shape index (κ1) is 15.4. The van der Waals surface area contributed by atoms with Crippen LogP contribution in [0.4, 0.5) is 0 Å². The molecule has 6 heteroatoms. The number of esters is 1. The first-order valence-corrected chi connectivity index (χ1v) is 7.69. The molecule has 1 atom stereocenters. The van der Waals surface area contributed by atoms with Gasteiger partial charge in [0.2, 0.25) is 0 Å². The molecule has 0 radical (unpaired) electrons. The predicted molar refractivity (Wildman–Crippen MR) is 86.4 cm³/mol. The Morgan fingerprint density at radius 3 is 2.74 bits per heavy atom. The van der Waals surface area contributed by atoms with E-state index >= 15 is 0 Å². The number of fused-ring (bicyclic) bond motifs is 1. The first-order chi connectivity index (χ1) is 11.0. The van der Waals surface area contributed by atoms with Crippen molar-refractivity contribution in [2.45, 2.75) is 39.5 Å². The van der Waals surface area contributed by atoms with E-state index in [1.807, 2.05) is 0 Å². The summed E-state index contributed by atoms with van der Waals surface area (Å²) >= 11 is 0. The van der Waals surface area contributed by atoms with Gasteiger partial charge in [0.1, 0.15) is 0 Å². The van der Waals surface area contributed by atoms with Crippen LogP contribution in [-0.4, -0.2) is 32.8 Å². The minimum absolute atomic E-state index is 0.243. The Hall–Kier alpha value is -2.50. The van der Waals surface area contributed by atoms with Crippen LogP contribution >= 0.6 is 0 Å². The van der Waals surface area contributed by atoms with Crippen molar-refractivity contribution in [1.29, 1.82) is 0 Å². The number of ether oxygens (including phenoxy) is 1. The lowest BCUT2D eigenvalue weighted by Gasteiger charge is -2.24. The maximum Gasteiger partial charge on any atom is 0.358 e. The zero-order chi connectivity index (χ0) is 16.6. The first-order valence-electron chi connectivity index (χ1n) is 7.69. The Balaban J connectivity index is 2.33. The van der Waals surface area contributed by atoms with Crippen molar-refractivity contribution >= 4 is 11.5 Å². The van der Waals surface area contributed by atoms with Gasteiger partial charge in [-0.05, 0) is 38.2 Å². The molecule has 0 saturated heterocycles. The van der Waals surface area contributed by atoms with Crippen molar-refractivity contribution in [3.05, 3.63) is 41.1 Å². The van der Waals surface area contributed by atoms with E-state index in [0.29, 0.717) is 11.5 Å². The molecular weight excluding hydrogens is 292 g/mol. The number of hydrogen-bond acceptors (Lipinski definition) is 5. The Labute approximate surface area is 135 Å². The van der Waals surface area contributed by atoms with E-state index < -0.39 is 5.97 Å². The van der Waals surface area contributed by atoms with Crippen LogP contribution < -0.4 is 0 Å². The maximum absolute atomic E-state index is 12.2. The molecule has 3 rings (SSSR count). The Kier molecular flexibility index (Phi) is 3.98. The number of methoxy groups -OCH3 is 1. The van der Waals surface area contributed by atoms with Crippen LogP contribution in [0.2, 0.25) is 0 Å². The quantitative estimate of drug-likeness (QED) is 0.797. The molecule has 0 bridgehead atoms. The van der Waals surface area contributed by atoms with Gasteiger partial charge < -0.3 is 4.74 Å². The number of rotatable bonds is 2. The minimum Gasteiger partial charge on any atom is -0.464 e. The summed E-state index contributed by atoms with van der Waals surface area (Å²) in [5, 5.41) is 4.52. The molecule has 0 amide bonds. The van der Waals surface area contributed by atoms with Gasteiger partial charge in [-0.2, -0.15) is 5.10 Å². The molecule has 2 heterocycles. The van der Waals surface area contributed by atoms with Gasteiger partial charge in [-0.15, -0.1) is 0 Å². The summed E-state index contributed by atoms with van der Waals surface area (Å²) in [6.07, 6.45) is 6.84. The van der Waals surface area contributed by atoms with Gasteiger partial charge in [-0.1, -0.05) is 12.5 Å². The van der Waals surface area contributed by atoms with Crippen LogP contribution in [0.15, 0.2) is 24.2 Å². The molecule has 0 N–H and O–H groups in total. The van der Waals surface area contributed by atoms with Gasteiger partial charge in [0.05, 0.1) is 19.0 Å². The van der Waals surface area contributed by atoms with Crippen molar-refractivity contribution in [2.75, 3.05) is 7.11 Å². The van der Waals surface area contributed by atoms with Gasteiger partial charge >= 0.3 is 5.97 Å². The normalized spacial score (nSPS) is 16.9. The molecular formula is C17H20N4O2. The number of allylic oxidation sites excluding steroid dienone is 2. The second-order valence-corrected chi connectivity index (χ2v) is 6.00. The minimum atomic E-state index is -0.411.